The summed E-state index contributed by atoms with van der Waals surface area (Å²) in [7, 11) is 0. The van der Waals surface area contributed by atoms with Crippen LogP contribution >= 0.6 is 11.6 Å². The van der Waals surface area contributed by atoms with Gasteiger partial charge in [0.25, 0.3) is 0 Å². The Hall–Kier alpha value is -2.40. The summed E-state index contributed by atoms with van der Waals surface area (Å²) in [5.74, 6) is -0.218. The normalized spacial score (nSPS) is 10.9. The van der Waals surface area contributed by atoms with Crippen molar-refractivity contribution in [2.24, 2.45) is 0 Å². The highest BCUT2D eigenvalue weighted by Crippen LogP contribution is 2.25. The number of aryl methyl sites for hydroxylation is 2. The van der Waals surface area contributed by atoms with Crippen molar-refractivity contribution >= 4 is 34.2 Å². The van der Waals surface area contributed by atoms with Crippen molar-refractivity contribution in [1.29, 1.82) is 0 Å². The van der Waals surface area contributed by atoms with Crippen LogP contribution in [0.4, 0.5) is 5.69 Å². The molecule has 112 valence electrons. The van der Waals surface area contributed by atoms with Crippen LogP contribution in [0.2, 0.25) is 5.15 Å². The number of halogens is 1. The van der Waals surface area contributed by atoms with Gasteiger partial charge < -0.3 is 9.84 Å². The van der Waals surface area contributed by atoms with Gasteiger partial charge in [-0.05, 0) is 43.2 Å². The van der Waals surface area contributed by atoms with Crippen molar-refractivity contribution in [3.05, 3.63) is 52.4 Å². The maximum Gasteiger partial charge on any atom is 0.230 e. The van der Waals surface area contributed by atoms with Crippen LogP contribution in [0.25, 0.3) is 11.0 Å². The third-order valence-electron chi connectivity index (χ3n) is 3.35. The fourth-order valence-electron chi connectivity index (χ4n) is 2.47. The molecule has 0 aliphatic carbocycles. The molecule has 0 radical (unpaired) electrons. The standard InChI is InChI=1S/C16H14ClN3O2/c1-9-6-10(2)15-12(20-22-13(15)7-9)8-14(21)19-11-4-3-5-18-16(11)17/h3-7H,8H2,1-2H3,(H,19,21). The van der Waals surface area contributed by atoms with Gasteiger partial charge in [0.15, 0.2) is 10.7 Å². The van der Waals surface area contributed by atoms with Gasteiger partial charge in [-0.3, -0.25) is 4.79 Å². The van der Waals surface area contributed by atoms with Crippen molar-refractivity contribution in [2.45, 2.75) is 20.3 Å². The lowest BCUT2D eigenvalue weighted by Gasteiger charge is -2.05. The van der Waals surface area contributed by atoms with E-state index in [0.717, 1.165) is 16.5 Å². The van der Waals surface area contributed by atoms with Crippen molar-refractivity contribution in [1.82, 2.24) is 10.1 Å². The van der Waals surface area contributed by atoms with E-state index in [-0.39, 0.29) is 17.5 Å². The molecule has 0 unspecified atom stereocenters. The van der Waals surface area contributed by atoms with E-state index in [4.69, 9.17) is 16.1 Å². The molecule has 0 aliphatic rings. The average Bonchev–Trinajstić information content (AvgIpc) is 2.84. The van der Waals surface area contributed by atoms with Crippen molar-refractivity contribution in [3.8, 4) is 0 Å². The van der Waals surface area contributed by atoms with Crippen LogP contribution in [0.15, 0.2) is 35.0 Å². The quantitative estimate of drug-likeness (QED) is 0.749. The maximum atomic E-state index is 12.2. The van der Waals surface area contributed by atoms with Crippen LogP contribution in [0.1, 0.15) is 16.8 Å². The molecule has 5 nitrogen and oxygen atoms in total. The first-order valence-corrected chi connectivity index (χ1v) is 7.18. The van der Waals surface area contributed by atoms with Crippen LogP contribution in [0, 0.1) is 13.8 Å². The number of carbonyl (C=O) groups is 1. The number of benzene rings is 1. The minimum atomic E-state index is -0.218. The molecule has 3 rings (SSSR count). The molecule has 0 atom stereocenters. The fourth-order valence-corrected chi connectivity index (χ4v) is 2.63. The average molecular weight is 316 g/mol. The minimum Gasteiger partial charge on any atom is -0.356 e. The second kappa shape index (κ2) is 5.77. The Morgan fingerprint density at radius 3 is 2.95 bits per heavy atom. The van der Waals surface area contributed by atoms with E-state index in [1.54, 1.807) is 18.3 Å². The van der Waals surface area contributed by atoms with Crippen molar-refractivity contribution < 1.29 is 9.32 Å². The zero-order valence-corrected chi connectivity index (χ0v) is 12.9. The Balaban J connectivity index is 1.84. The van der Waals surface area contributed by atoms with Gasteiger partial charge in [0, 0.05) is 11.6 Å². The summed E-state index contributed by atoms with van der Waals surface area (Å²) < 4.78 is 5.32. The van der Waals surface area contributed by atoms with Gasteiger partial charge in [-0.25, -0.2) is 4.98 Å². The summed E-state index contributed by atoms with van der Waals surface area (Å²) in [6, 6.07) is 7.36. The first-order chi connectivity index (χ1) is 10.5. The fraction of sp³-hybridized carbons (Fsp3) is 0.188. The number of pyridine rings is 1. The Kier molecular flexibility index (Phi) is 3.81. The van der Waals surface area contributed by atoms with Gasteiger partial charge in [-0.2, -0.15) is 0 Å². The molecule has 0 spiro atoms. The number of hydrogen-bond acceptors (Lipinski definition) is 4. The summed E-state index contributed by atoms with van der Waals surface area (Å²) in [6.45, 7) is 3.97. The number of fused-ring (bicyclic) bond motifs is 1. The predicted molar refractivity (Wildman–Crippen MR) is 85.1 cm³/mol. The third kappa shape index (κ3) is 2.80. The topological polar surface area (TPSA) is 68.0 Å². The minimum absolute atomic E-state index is 0.113. The number of carbonyl (C=O) groups excluding carboxylic acids is 1. The molecule has 6 heteroatoms. The van der Waals surface area contributed by atoms with Gasteiger partial charge in [0.05, 0.1) is 12.1 Å². The monoisotopic (exact) mass is 315 g/mol. The SMILES string of the molecule is Cc1cc(C)c2c(CC(=O)Nc3cccnc3Cl)noc2c1. The molecule has 0 fully saturated rings. The van der Waals surface area contributed by atoms with Crippen LogP contribution in [0.3, 0.4) is 0 Å². The number of nitrogens with one attached hydrogen (secondary N) is 1. The highest BCUT2D eigenvalue weighted by atomic mass is 35.5. The molecule has 22 heavy (non-hydrogen) atoms. The van der Waals surface area contributed by atoms with Gasteiger partial charge in [-0.1, -0.05) is 22.8 Å². The molecule has 3 aromatic rings. The smallest absolute Gasteiger partial charge is 0.230 e. The molecule has 0 saturated heterocycles. The van der Waals surface area contributed by atoms with Crippen molar-refractivity contribution in [3.63, 3.8) is 0 Å². The molecule has 1 N–H and O–H groups in total. The molecule has 2 heterocycles. The van der Waals surface area contributed by atoms with Gasteiger partial charge >= 0.3 is 0 Å². The molecule has 2 aromatic heterocycles. The first kappa shape index (κ1) is 14.5. The van der Waals surface area contributed by atoms with Crippen LogP contribution in [0.5, 0.6) is 0 Å². The number of amides is 1. The number of anilines is 1. The Labute approximate surface area is 132 Å². The first-order valence-electron chi connectivity index (χ1n) is 6.80. The highest BCUT2D eigenvalue weighted by molar-refractivity contribution is 6.32. The second-order valence-corrected chi connectivity index (χ2v) is 5.51. The molecule has 1 amide bonds. The van der Waals surface area contributed by atoms with E-state index in [1.165, 1.54) is 0 Å². The number of hydrogen-bond donors (Lipinski definition) is 1. The van der Waals surface area contributed by atoms with Crippen molar-refractivity contribution in [2.75, 3.05) is 5.32 Å². The van der Waals surface area contributed by atoms with Gasteiger partial charge in [-0.15, -0.1) is 0 Å². The molecule has 0 aliphatic heterocycles. The zero-order chi connectivity index (χ0) is 15.7. The highest BCUT2D eigenvalue weighted by Gasteiger charge is 2.15. The predicted octanol–water partition coefficient (Wildman–Crippen LogP) is 3.67. The van der Waals surface area contributed by atoms with E-state index < -0.39 is 0 Å². The Bertz CT molecular complexity index is 858. The molecule has 0 bridgehead atoms. The van der Waals surface area contributed by atoms with Crippen LogP contribution in [-0.4, -0.2) is 16.0 Å². The molecule has 1 aromatic carbocycles. The molecular weight excluding hydrogens is 302 g/mol. The number of aromatic nitrogens is 2. The van der Waals surface area contributed by atoms with E-state index >= 15 is 0 Å². The lowest BCUT2D eigenvalue weighted by Crippen LogP contribution is -2.15. The van der Waals surface area contributed by atoms with Crippen LogP contribution in [-0.2, 0) is 11.2 Å². The summed E-state index contributed by atoms with van der Waals surface area (Å²) >= 11 is 5.93. The molecule has 0 saturated carbocycles. The van der Waals surface area contributed by atoms with Gasteiger partial charge in [0.2, 0.25) is 5.91 Å². The van der Waals surface area contributed by atoms with E-state index in [2.05, 4.69) is 15.5 Å². The Morgan fingerprint density at radius 2 is 2.18 bits per heavy atom. The number of rotatable bonds is 3. The summed E-state index contributed by atoms with van der Waals surface area (Å²) in [4.78, 5) is 16.1. The molecular formula is C16H14ClN3O2. The van der Waals surface area contributed by atoms with Gasteiger partial charge in [0.1, 0.15) is 5.69 Å². The largest absolute Gasteiger partial charge is 0.356 e. The van der Waals surface area contributed by atoms with Crippen LogP contribution < -0.4 is 5.32 Å². The summed E-state index contributed by atoms with van der Waals surface area (Å²) in [6.07, 6.45) is 1.68. The second-order valence-electron chi connectivity index (χ2n) is 5.15. The summed E-state index contributed by atoms with van der Waals surface area (Å²) in [5.41, 5.74) is 3.93. The van der Waals surface area contributed by atoms with E-state index in [9.17, 15) is 4.79 Å². The Morgan fingerprint density at radius 1 is 1.36 bits per heavy atom. The number of nitrogens with zero attached hydrogens (tertiary/aromatic N) is 2. The maximum absolute atomic E-state index is 12.2. The van der Waals surface area contributed by atoms with E-state index in [0.29, 0.717) is 17.0 Å². The third-order valence-corrected chi connectivity index (χ3v) is 3.65. The van der Waals surface area contributed by atoms with E-state index in [1.807, 2.05) is 26.0 Å². The summed E-state index contributed by atoms with van der Waals surface area (Å²) in [5, 5.41) is 7.89. The zero-order valence-electron chi connectivity index (χ0n) is 12.2. The lowest BCUT2D eigenvalue weighted by atomic mass is 10.0. The lowest BCUT2D eigenvalue weighted by molar-refractivity contribution is -0.115.